The fraction of sp³-hybridized carbons (Fsp3) is 0.333. The molecular weight excluding hydrogens is 241 g/mol. The summed E-state index contributed by atoms with van der Waals surface area (Å²) in [5.41, 5.74) is -1.22. The fourth-order valence-corrected chi connectivity index (χ4v) is 1.17. The number of carboxylic acids is 1. The van der Waals surface area contributed by atoms with Crippen LogP contribution in [0.15, 0.2) is 18.2 Å². The molecule has 0 radical (unpaired) electrons. The van der Waals surface area contributed by atoms with Crippen molar-refractivity contribution >= 4 is 11.9 Å². The lowest BCUT2D eigenvalue weighted by Crippen LogP contribution is -2.38. The third-order valence-electron chi connectivity index (χ3n) is 2.47. The molecule has 0 saturated carbocycles. The predicted octanol–water partition coefficient (Wildman–Crippen LogP) is 1.37. The number of carbonyl (C=O) groups is 2. The van der Waals surface area contributed by atoms with Crippen LogP contribution in [0.25, 0.3) is 0 Å². The van der Waals surface area contributed by atoms with E-state index < -0.39 is 28.9 Å². The Kier molecular flexibility index (Phi) is 3.90. The first kappa shape index (κ1) is 14.0. The molecule has 0 aliphatic heterocycles. The Morgan fingerprint density at radius 2 is 2.00 bits per heavy atom. The van der Waals surface area contributed by atoms with E-state index in [0.29, 0.717) is 0 Å². The maximum absolute atomic E-state index is 12.7. The van der Waals surface area contributed by atoms with E-state index in [2.05, 4.69) is 5.32 Å². The molecule has 3 N–H and O–H groups in total. The zero-order valence-corrected chi connectivity index (χ0v) is 10.0. The molecular formula is C12H14FNO4. The first-order chi connectivity index (χ1) is 8.24. The van der Waals surface area contributed by atoms with Crippen molar-refractivity contribution in [2.24, 2.45) is 5.41 Å². The molecule has 6 heteroatoms. The van der Waals surface area contributed by atoms with Crippen LogP contribution in [0.2, 0.25) is 0 Å². The summed E-state index contributed by atoms with van der Waals surface area (Å²) < 4.78 is 12.7. The molecule has 1 rings (SSSR count). The van der Waals surface area contributed by atoms with Gasteiger partial charge in [0.1, 0.15) is 11.6 Å². The molecule has 5 nitrogen and oxygen atoms in total. The molecule has 0 spiro atoms. The second-order valence-corrected chi connectivity index (χ2v) is 4.53. The van der Waals surface area contributed by atoms with Gasteiger partial charge in [-0.05, 0) is 26.0 Å². The van der Waals surface area contributed by atoms with Crippen LogP contribution in [-0.2, 0) is 4.79 Å². The number of aromatic hydroxyl groups is 1. The molecule has 98 valence electrons. The number of rotatable bonds is 4. The van der Waals surface area contributed by atoms with Crippen molar-refractivity contribution in [2.75, 3.05) is 6.54 Å². The van der Waals surface area contributed by atoms with Gasteiger partial charge in [-0.3, -0.25) is 9.59 Å². The highest BCUT2D eigenvalue weighted by atomic mass is 19.1. The van der Waals surface area contributed by atoms with E-state index in [9.17, 15) is 19.1 Å². The van der Waals surface area contributed by atoms with E-state index >= 15 is 0 Å². The van der Waals surface area contributed by atoms with Gasteiger partial charge in [-0.15, -0.1) is 0 Å². The summed E-state index contributed by atoms with van der Waals surface area (Å²) >= 11 is 0. The minimum Gasteiger partial charge on any atom is -0.507 e. The van der Waals surface area contributed by atoms with Crippen LogP contribution in [0.1, 0.15) is 24.2 Å². The molecule has 1 aromatic carbocycles. The molecule has 1 aromatic rings. The van der Waals surface area contributed by atoms with Crippen LogP contribution in [0, 0.1) is 11.2 Å². The maximum Gasteiger partial charge on any atom is 0.310 e. The Morgan fingerprint density at radius 1 is 1.39 bits per heavy atom. The Bertz CT molecular complexity index is 485. The van der Waals surface area contributed by atoms with Crippen LogP contribution >= 0.6 is 0 Å². The number of amides is 1. The first-order valence-electron chi connectivity index (χ1n) is 5.24. The molecule has 0 saturated heterocycles. The Labute approximate surface area is 103 Å². The van der Waals surface area contributed by atoms with E-state index in [1.54, 1.807) is 0 Å². The molecule has 0 aliphatic carbocycles. The molecule has 0 atom stereocenters. The van der Waals surface area contributed by atoms with E-state index in [1.165, 1.54) is 13.8 Å². The Morgan fingerprint density at radius 3 is 2.50 bits per heavy atom. The number of hydrogen-bond acceptors (Lipinski definition) is 3. The zero-order valence-electron chi connectivity index (χ0n) is 10.0. The standard InChI is InChI=1S/C12H14FNO4/c1-12(2,11(17)18)6-14-10(16)8-4-3-7(13)5-9(8)15/h3-5,15H,6H2,1-2H3,(H,14,16)(H,17,18). The third-order valence-corrected chi connectivity index (χ3v) is 2.47. The number of carbonyl (C=O) groups excluding carboxylic acids is 1. The molecule has 18 heavy (non-hydrogen) atoms. The molecule has 0 bridgehead atoms. The number of phenols is 1. The van der Waals surface area contributed by atoms with E-state index in [4.69, 9.17) is 5.11 Å². The average molecular weight is 255 g/mol. The summed E-state index contributed by atoms with van der Waals surface area (Å²) in [6, 6.07) is 2.99. The zero-order chi connectivity index (χ0) is 13.9. The van der Waals surface area contributed by atoms with Gasteiger partial charge < -0.3 is 15.5 Å². The molecule has 0 heterocycles. The largest absolute Gasteiger partial charge is 0.507 e. The highest BCUT2D eigenvalue weighted by Crippen LogP contribution is 2.19. The number of phenolic OH excluding ortho intramolecular Hbond substituents is 1. The molecule has 0 unspecified atom stereocenters. The van der Waals surface area contributed by atoms with Crippen molar-refractivity contribution in [2.45, 2.75) is 13.8 Å². The molecule has 1 amide bonds. The van der Waals surface area contributed by atoms with Crippen LogP contribution in [0.5, 0.6) is 5.75 Å². The van der Waals surface area contributed by atoms with Crippen molar-refractivity contribution in [3.63, 3.8) is 0 Å². The van der Waals surface area contributed by atoms with E-state index in [1.807, 2.05) is 0 Å². The Hall–Kier alpha value is -2.11. The lowest BCUT2D eigenvalue weighted by molar-refractivity contribution is -0.146. The first-order valence-corrected chi connectivity index (χ1v) is 5.24. The number of carboxylic acid groups (broad SMARTS) is 1. The summed E-state index contributed by atoms with van der Waals surface area (Å²) in [7, 11) is 0. The minimum atomic E-state index is -1.12. The smallest absolute Gasteiger partial charge is 0.310 e. The van der Waals surface area contributed by atoms with Gasteiger partial charge in [-0.2, -0.15) is 0 Å². The SMILES string of the molecule is CC(C)(CNC(=O)c1ccc(F)cc1O)C(=O)O. The molecule has 0 aromatic heterocycles. The van der Waals surface area contributed by atoms with Gasteiger partial charge in [0.2, 0.25) is 0 Å². The van der Waals surface area contributed by atoms with Gasteiger partial charge in [0, 0.05) is 12.6 Å². The summed E-state index contributed by atoms with van der Waals surface area (Å²) in [4.78, 5) is 22.5. The number of halogens is 1. The Balaban J connectivity index is 2.75. The number of aliphatic carboxylic acids is 1. The average Bonchev–Trinajstić information content (AvgIpc) is 2.25. The van der Waals surface area contributed by atoms with Crippen LogP contribution < -0.4 is 5.32 Å². The van der Waals surface area contributed by atoms with Crippen molar-refractivity contribution in [1.29, 1.82) is 0 Å². The highest BCUT2D eigenvalue weighted by Gasteiger charge is 2.28. The lowest BCUT2D eigenvalue weighted by Gasteiger charge is -2.19. The van der Waals surface area contributed by atoms with Crippen molar-refractivity contribution < 1.29 is 24.2 Å². The number of nitrogens with one attached hydrogen (secondary N) is 1. The monoisotopic (exact) mass is 255 g/mol. The van der Waals surface area contributed by atoms with E-state index in [-0.39, 0.29) is 12.1 Å². The topological polar surface area (TPSA) is 86.6 Å². The fourth-order valence-electron chi connectivity index (χ4n) is 1.17. The van der Waals surface area contributed by atoms with Gasteiger partial charge in [-0.1, -0.05) is 0 Å². The predicted molar refractivity (Wildman–Crippen MR) is 61.8 cm³/mol. The quantitative estimate of drug-likeness (QED) is 0.758. The summed E-state index contributed by atoms with van der Waals surface area (Å²) in [6.45, 7) is 2.82. The molecule has 0 aliphatic rings. The summed E-state index contributed by atoms with van der Waals surface area (Å²) in [5, 5.41) is 20.6. The third kappa shape index (κ3) is 3.19. The van der Waals surface area contributed by atoms with Crippen LogP contribution in [-0.4, -0.2) is 28.6 Å². The van der Waals surface area contributed by atoms with Gasteiger partial charge >= 0.3 is 5.97 Å². The molecule has 0 fully saturated rings. The van der Waals surface area contributed by atoms with E-state index in [0.717, 1.165) is 18.2 Å². The summed E-state index contributed by atoms with van der Waals surface area (Å²) in [6.07, 6.45) is 0. The second kappa shape index (κ2) is 5.03. The highest BCUT2D eigenvalue weighted by molar-refractivity contribution is 5.97. The van der Waals surface area contributed by atoms with Gasteiger partial charge in [0.25, 0.3) is 5.91 Å². The maximum atomic E-state index is 12.7. The van der Waals surface area contributed by atoms with Gasteiger partial charge in [0.05, 0.1) is 11.0 Å². The van der Waals surface area contributed by atoms with Crippen molar-refractivity contribution in [1.82, 2.24) is 5.32 Å². The lowest BCUT2D eigenvalue weighted by atomic mass is 9.94. The van der Waals surface area contributed by atoms with Crippen LogP contribution in [0.4, 0.5) is 4.39 Å². The van der Waals surface area contributed by atoms with Gasteiger partial charge in [0.15, 0.2) is 0 Å². The van der Waals surface area contributed by atoms with Gasteiger partial charge in [-0.25, -0.2) is 4.39 Å². The minimum absolute atomic E-state index is 0.0992. The van der Waals surface area contributed by atoms with Crippen LogP contribution in [0.3, 0.4) is 0 Å². The van der Waals surface area contributed by atoms with Crippen molar-refractivity contribution in [3.8, 4) is 5.75 Å². The second-order valence-electron chi connectivity index (χ2n) is 4.53. The number of benzene rings is 1. The summed E-state index contributed by atoms with van der Waals surface area (Å²) in [5.74, 6) is -2.84. The van der Waals surface area contributed by atoms with Crippen molar-refractivity contribution in [3.05, 3.63) is 29.6 Å². The number of hydrogen-bond donors (Lipinski definition) is 3. The normalized spacial score (nSPS) is 11.1.